The number of anilines is 1. The second-order valence-corrected chi connectivity index (χ2v) is 16.0. The molecule has 2 atom stereocenters. The highest BCUT2D eigenvalue weighted by atomic mass is 35.5. The summed E-state index contributed by atoms with van der Waals surface area (Å²) in [4.78, 5) is 28.4. The van der Waals surface area contributed by atoms with Gasteiger partial charge < -0.3 is 10.2 Å². The topological polar surface area (TPSA) is 86.8 Å². The van der Waals surface area contributed by atoms with E-state index >= 15 is 0 Å². The number of benzene rings is 2. The Morgan fingerprint density at radius 3 is 2.05 bits per heavy atom. The zero-order chi connectivity index (χ0) is 31.1. The maximum atomic E-state index is 13.9. The number of amides is 2. The van der Waals surface area contributed by atoms with Crippen LogP contribution in [0.2, 0.25) is 10.0 Å². The first kappa shape index (κ1) is 32.1. The Morgan fingerprint density at radius 2 is 1.53 bits per heavy atom. The number of nitrogens with zero attached hydrogens (tertiary/aromatic N) is 2. The molecule has 0 spiro atoms. The number of carbonyl (C=O) groups excluding carboxylic acids is 2. The van der Waals surface area contributed by atoms with Crippen LogP contribution in [0.1, 0.15) is 76.8 Å². The number of sulfonamides is 1. The number of nitrogens with one attached hydrogen (secondary N) is 1. The minimum Gasteiger partial charge on any atom is -0.352 e. The molecule has 7 nitrogen and oxygen atoms in total. The summed E-state index contributed by atoms with van der Waals surface area (Å²) in [5, 5.41) is 3.65. The molecule has 6 rings (SSSR count). The first-order valence-corrected chi connectivity index (χ1v) is 18.0. The second-order valence-electron chi connectivity index (χ2n) is 13.3. The number of hydrogen-bond donors (Lipinski definition) is 1. The third-order valence-corrected chi connectivity index (χ3v) is 11.9. The van der Waals surface area contributed by atoms with Crippen molar-refractivity contribution in [3.8, 4) is 0 Å². The maximum Gasteiger partial charge on any atom is 0.244 e. The van der Waals surface area contributed by atoms with Gasteiger partial charge in [-0.15, -0.1) is 0 Å². The van der Waals surface area contributed by atoms with Gasteiger partial charge >= 0.3 is 0 Å². The molecule has 234 valence electrons. The normalized spacial score (nSPS) is 25.7. The van der Waals surface area contributed by atoms with Crippen molar-refractivity contribution in [3.05, 3.63) is 63.6 Å². The van der Waals surface area contributed by atoms with Crippen molar-refractivity contribution in [3.63, 3.8) is 0 Å². The number of halogens is 2. The van der Waals surface area contributed by atoms with Gasteiger partial charge in [-0.2, -0.15) is 0 Å². The van der Waals surface area contributed by atoms with Gasteiger partial charge in [0, 0.05) is 12.6 Å². The zero-order valence-electron chi connectivity index (χ0n) is 25.5. The van der Waals surface area contributed by atoms with Crippen molar-refractivity contribution in [1.82, 2.24) is 10.2 Å². The third-order valence-electron chi connectivity index (χ3n) is 9.99. The predicted octanol–water partition coefficient (Wildman–Crippen LogP) is 6.56. The zero-order valence-corrected chi connectivity index (χ0v) is 27.8. The standard InChI is InChI=1S/C33H43Cl2N3O4S/c1-5-21(2)36-32(40)22(3)37(19-23-6-11-29(34)30(35)15-23)31(39)20-38(43(4,41)42)28-9-7-27(8-10-28)33-16-24-12-25(17-33)14-26(13-24)18-33/h6-11,15,21-22,24-26H,5,12-14,16-20H2,1-4H3,(H,36,40)/t21-,22+,24?,25?,26?,33?/m0/s1. The van der Waals surface area contributed by atoms with E-state index in [1.165, 1.54) is 49.0 Å². The summed E-state index contributed by atoms with van der Waals surface area (Å²) in [5.74, 6) is 1.60. The minimum atomic E-state index is -3.81. The highest BCUT2D eigenvalue weighted by molar-refractivity contribution is 7.92. The number of rotatable bonds is 11. The van der Waals surface area contributed by atoms with Crippen LogP contribution < -0.4 is 9.62 Å². The van der Waals surface area contributed by atoms with E-state index in [2.05, 4.69) is 17.4 Å². The molecule has 4 aliphatic carbocycles. The van der Waals surface area contributed by atoms with Crippen molar-refractivity contribution >= 4 is 50.7 Å². The molecule has 1 N–H and O–H groups in total. The van der Waals surface area contributed by atoms with Crippen LogP contribution in [0.5, 0.6) is 0 Å². The Bertz CT molecular complexity index is 1430. The van der Waals surface area contributed by atoms with Gasteiger partial charge in [-0.1, -0.05) is 48.3 Å². The van der Waals surface area contributed by atoms with Crippen LogP contribution in [-0.4, -0.2) is 50.0 Å². The van der Waals surface area contributed by atoms with Crippen molar-refractivity contribution in [1.29, 1.82) is 0 Å². The SMILES string of the molecule is CC[C@H](C)NC(=O)[C@@H](C)N(Cc1ccc(Cl)c(Cl)c1)C(=O)CN(c1ccc(C23CC4CC(CC(C4)C2)C3)cc1)S(C)(=O)=O. The van der Waals surface area contributed by atoms with E-state index in [1.54, 1.807) is 25.1 Å². The molecular weight excluding hydrogens is 605 g/mol. The average molecular weight is 649 g/mol. The lowest BCUT2D eigenvalue weighted by atomic mass is 9.48. The molecule has 43 heavy (non-hydrogen) atoms. The summed E-state index contributed by atoms with van der Waals surface area (Å²) in [6.07, 6.45) is 9.55. The summed E-state index contributed by atoms with van der Waals surface area (Å²) in [6.45, 7) is 5.14. The molecule has 2 aromatic rings. The summed E-state index contributed by atoms with van der Waals surface area (Å²) in [6, 6.07) is 11.9. The molecule has 0 unspecified atom stereocenters. The Balaban J connectivity index is 1.39. The van der Waals surface area contributed by atoms with Gasteiger partial charge in [-0.3, -0.25) is 13.9 Å². The molecule has 0 aromatic heterocycles. The molecule has 0 heterocycles. The van der Waals surface area contributed by atoms with E-state index in [9.17, 15) is 18.0 Å². The van der Waals surface area contributed by atoms with Gasteiger partial charge in [0.2, 0.25) is 21.8 Å². The van der Waals surface area contributed by atoms with Crippen LogP contribution in [0.15, 0.2) is 42.5 Å². The first-order valence-electron chi connectivity index (χ1n) is 15.4. The number of carbonyl (C=O) groups is 2. The van der Waals surface area contributed by atoms with E-state index in [4.69, 9.17) is 23.2 Å². The van der Waals surface area contributed by atoms with Gasteiger partial charge in [0.15, 0.2) is 0 Å². The first-order chi connectivity index (χ1) is 20.3. The predicted molar refractivity (Wildman–Crippen MR) is 173 cm³/mol. The lowest BCUT2D eigenvalue weighted by molar-refractivity contribution is -0.139. The van der Waals surface area contributed by atoms with Crippen molar-refractivity contribution in [2.75, 3.05) is 17.1 Å². The smallest absolute Gasteiger partial charge is 0.244 e. The fourth-order valence-corrected chi connectivity index (χ4v) is 9.11. The van der Waals surface area contributed by atoms with Crippen molar-refractivity contribution < 1.29 is 18.0 Å². The fraction of sp³-hybridized carbons (Fsp3) is 0.576. The molecule has 2 aromatic carbocycles. The monoisotopic (exact) mass is 647 g/mol. The molecule has 10 heteroatoms. The maximum absolute atomic E-state index is 13.9. The van der Waals surface area contributed by atoms with Gasteiger partial charge in [-0.05, 0) is 117 Å². The van der Waals surface area contributed by atoms with Crippen LogP contribution in [0.3, 0.4) is 0 Å². The van der Waals surface area contributed by atoms with E-state index in [1.807, 2.05) is 26.0 Å². The highest BCUT2D eigenvalue weighted by Gasteiger charge is 2.51. The molecule has 0 radical (unpaired) electrons. The van der Waals surface area contributed by atoms with Crippen LogP contribution in [-0.2, 0) is 31.6 Å². The largest absolute Gasteiger partial charge is 0.352 e. The molecule has 4 aliphatic rings. The Hall–Kier alpha value is -2.29. The van der Waals surface area contributed by atoms with Crippen LogP contribution >= 0.6 is 23.2 Å². The quantitative estimate of drug-likeness (QED) is 0.299. The molecule has 4 bridgehead atoms. The molecular formula is C33H43Cl2N3O4S. The van der Waals surface area contributed by atoms with Crippen LogP contribution in [0.4, 0.5) is 5.69 Å². The lowest BCUT2D eigenvalue weighted by Crippen LogP contribution is -2.52. The molecule has 4 saturated carbocycles. The summed E-state index contributed by atoms with van der Waals surface area (Å²) in [7, 11) is -3.81. The molecule has 2 amide bonds. The number of hydrogen-bond acceptors (Lipinski definition) is 4. The summed E-state index contributed by atoms with van der Waals surface area (Å²) in [5.41, 5.74) is 2.59. The van der Waals surface area contributed by atoms with Gasteiger partial charge in [0.25, 0.3) is 0 Å². The van der Waals surface area contributed by atoms with Crippen LogP contribution in [0.25, 0.3) is 0 Å². The fourth-order valence-electron chi connectivity index (χ4n) is 7.94. The molecule has 4 fully saturated rings. The van der Waals surface area contributed by atoms with Crippen LogP contribution in [0, 0.1) is 17.8 Å². The second kappa shape index (κ2) is 12.6. The Morgan fingerprint density at radius 1 is 0.953 bits per heavy atom. The van der Waals surface area contributed by atoms with Gasteiger partial charge in [-0.25, -0.2) is 8.42 Å². The van der Waals surface area contributed by atoms with E-state index in [-0.39, 0.29) is 23.9 Å². The summed E-state index contributed by atoms with van der Waals surface area (Å²) < 4.78 is 27.3. The summed E-state index contributed by atoms with van der Waals surface area (Å²) >= 11 is 12.3. The highest BCUT2D eigenvalue weighted by Crippen LogP contribution is 2.60. The van der Waals surface area contributed by atoms with E-state index in [0.717, 1.165) is 34.7 Å². The lowest BCUT2D eigenvalue weighted by Gasteiger charge is -2.57. The van der Waals surface area contributed by atoms with Gasteiger partial charge in [0.05, 0.1) is 22.0 Å². The van der Waals surface area contributed by atoms with Gasteiger partial charge in [0.1, 0.15) is 12.6 Å². The van der Waals surface area contributed by atoms with E-state index in [0.29, 0.717) is 21.3 Å². The molecule has 0 saturated heterocycles. The Labute approximate surface area is 266 Å². The minimum absolute atomic E-state index is 0.0629. The molecule has 0 aliphatic heterocycles. The van der Waals surface area contributed by atoms with Crippen molar-refractivity contribution in [2.24, 2.45) is 17.8 Å². The van der Waals surface area contributed by atoms with Crippen molar-refractivity contribution in [2.45, 2.75) is 89.8 Å². The average Bonchev–Trinajstić information content (AvgIpc) is 2.94. The third kappa shape index (κ3) is 7.02. The van der Waals surface area contributed by atoms with E-state index < -0.39 is 28.5 Å². The Kier molecular flexibility index (Phi) is 9.41.